The molecule has 0 bridgehead atoms. The third-order valence-corrected chi connectivity index (χ3v) is 4.10. The number of likely N-dealkylation sites (tertiary alicyclic amines) is 1. The minimum Gasteiger partial charge on any atom is -0.357 e. The first kappa shape index (κ1) is 17.2. The Morgan fingerprint density at radius 2 is 2.35 bits per heavy atom. The molecule has 6 heteroatoms. The number of nitrogens with one attached hydrogen (secondary N) is 2. The van der Waals surface area contributed by atoms with Crippen molar-refractivity contribution in [3.05, 3.63) is 29.6 Å². The lowest BCUT2D eigenvalue weighted by atomic mass is 10.1. The Morgan fingerprint density at radius 3 is 3.04 bits per heavy atom. The van der Waals surface area contributed by atoms with Crippen LogP contribution in [0.5, 0.6) is 0 Å². The van der Waals surface area contributed by atoms with Gasteiger partial charge in [-0.1, -0.05) is 0 Å². The number of aromatic nitrogens is 1. The molecule has 1 aromatic rings. The van der Waals surface area contributed by atoms with Crippen LogP contribution in [-0.2, 0) is 11.2 Å². The number of nitrogens with zero attached hydrogens (tertiary/aromatic N) is 3. The summed E-state index contributed by atoms with van der Waals surface area (Å²) in [5, 5.41) is 6.72. The fraction of sp³-hybridized carbons (Fsp3) is 0.588. The molecule has 1 unspecified atom stereocenters. The van der Waals surface area contributed by atoms with E-state index in [1.807, 2.05) is 25.5 Å². The second-order valence-electron chi connectivity index (χ2n) is 5.97. The van der Waals surface area contributed by atoms with Gasteiger partial charge in [0, 0.05) is 51.5 Å². The number of piperidine rings is 1. The summed E-state index contributed by atoms with van der Waals surface area (Å²) < 4.78 is 0. The van der Waals surface area contributed by atoms with Crippen LogP contribution in [0.1, 0.15) is 30.9 Å². The van der Waals surface area contributed by atoms with Crippen LogP contribution in [-0.4, -0.2) is 54.5 Å². The summed E-state index contributed by atoms with van der Waals surface area (Å²) in [5.41, 5.74) is 2.48. The number of aryl methyl sites for hydroxylation is 1. The average Bonchev–Trinajstić information content (AvgIpc) is 2.53. The maximum absolute atomic E-state index is 11.6. The standard InChI is InChI=1S/C17H27N5O/c1-4-19-17(21-15-5-6-16(23)22(3)12-15)20-10-8-14-7-9-18-11-13(14)2/h7,9,11,15H,4-6,8,10,12H2,1-3H3,(H2,19,20,21). The van der Waals surface area contributed by atoms with E-state index >= 15 is 0 Å². The van der Waals surface area contributed by atoms with Gasteiger partial charge in [-0.3, -0.25) is 14.8 Å². The van der Waals surface area contributed by atoms with Gasteiger partial charge in [0.05, 0.1) is 0 Å². The first-order valence-corrected chi connectivity index (χ1v) is 8.28. The second kappa shape index (κ2) is 8.50. The molecule has 1 amide bonds. The number of rotatable bonds is 5. The molecule has 1 atom stereocenters. The third-order valence-electron chi connectivity index (χ3n) is 4.10. The Balaban J connectivity index is 1.90. The molecule has 0 radical (unpaired) electrons. The molecule has 0 saturated carbocycles. The summed E-state index contributed by atoms with van der Waals surface area (Å²) in [4.78, 5) is 22.1. The number of hydrogen-bond donors (Lipinski definition) is 2. The molecule has 1 fully saturated rings. The molecule has 0 aromatic carbocycles. The van der Waals surface area contributed by atoms with Crippen molar-refractivity contribution in [1.82, 2.24) is 20.5 Å². The summed E-state index contributed by atoms with van der Waals surface area (Å²) in [6.07, 6.45) is 6.07. The summed E-state index contributed by atoms with van der Waals surface area (Å²) in [6, 6.07) is 2.31. The van der Waals surface area contributed by atoms with Gasteiger partial charge in [0.25, 0.3) is 0 Å². The van der Waals surface area contributed by atoms with Gasteiger partial charge in [0.15, 0.2) is 5.96 Å². The van der Waals surface area contributed by atoms with Crippen LogP contribution < -0.4 is 10.6 Å². The molecule has 2 heterocycles. The Bertz CT molecular complexity index is 558. The van der Waals surface area contributed by atoms with Crippen LogP contribution in [0.25, 0.3) is 0 Å². The summed E-state index contributed by atoms with van der Waals surface area (Å²) in [5.74, 6) is 1.05. The summed E-state index contributed by atoms with van der Waals surface area (Å²) in [6.45, 7) is 6.40. The number of likely N-dealkylation sites (N-methyl/N-ethyl adjacent to an activating group) is 1. The van der Waals surface area contributed by atoms with E-state index in [0.717, 1.165) is 38.4 Å². The first-order chi connectivity index (χ1) is 11.1. The highest BCUT2D eigenvalue weighted by Gasteiger charge is 2.23. The van der Waals surface area contributed by atoms with Crippen LogP contribution in [0, 0.1) is 6.92 Å². The number of carbonyl (C=O) groups is 1. The van der Waals surface area contributed by atoms with Gasteiger partial charge in [-0.2, -0.15) is 0 Å². The van der Waals surface area contributed by atoms with Crippen LogP contribution >= 0.6 is 0 Å². The van der Waals surface area contributed by atoms with E-state index in [1.165, 1.54) is 11.1 Å². The van der Waals surface area contributed by atoms with Gasteiger partial charge in [0.2, 0.25) is 5.91 Å². The molecule has 23 heavy (non-hydrogen) atoms. The van der Waals surface area contributed by atoms with Gasteiger partial charge in [-0.05, 0) is 43.9 Å². The number of guanidine groups is 1. The van der Waals surface area contributed by atoms with E-state index in [9.17, 15) is 4.79 Å². The van der Waals surface area contributed by atoms with Crippen molar-refractivity contribution < 1.29 is 4.79 Å². The number of pyridine rings is 1. The molecule has 0 aliphatic carbocycles. The fourth-order valence-corrected chi connectivity index (χ4v) is 2.71. The lowest BCUT2D eigenvalue weighted by Gasteiger charge is -2.31. The van der Waals surface area contributed by atoms with Crippen molar-refractivity contribution in [3.8, 4) is 0 Å². The zero-order valence-corrected chi connectivity index (χ0v) is 14.3. The Hall–Kier alpha value is -2.11. The first-order valence-electron chi connectivity index (χ1n) is 8.28. The van der Waals surface area contributed by atoms with E-state index in [4.69, 9.17) is 0 Å². The Kier molecular flexibility index (Phi) is 6.38. The highest BCUT2D eigenvalue weighted by molar-refractivity contribution is 5.81. The largest absolute Gasteiger partial charge is 0.357 e. The lowest BCUT2D eigenvalue weighted by molar-refractivity contribution is -0.132. The molecule has 2 N–H and O–H groups in total. The molecule has 1 aliphatic heterocycles. The molecule has 1 aromatic heterocycles. The van der Waals surface area contributed by atoms with Crippen LogP contribution in [0.2, 0.25) is 0 Å². The van der Waals surface area contributed by atoms with Gasteiger partial charge in [0.1, 0.15) is 0 Å². The number of hydrogen-bond acceptors (Lipinski definition) is 3. The number of aliphatic imine (C=N–C) groups is 1. The molecule has 0 spiro atoms. The monoisotopic (exact) mass is 317 g/mol. The highest BCUT2D eigenvalue weighted by atomic mass is 16.2. The van der Waals surface area contributed by atoms with E-state index in [-0.39, 0.29) is 11.9 Å². The third kappa shape index (κ3) is 5.23. The van der Waals surface area contributed by atoms with Crippen molar-refractivity contribution in [2.45, 2.75) is 39.2 Å². The van der Waals surface area contributed by atoms with Crippen molar-refractivity contribution in [1.29, 1.82) is 0 Å². The topological polar surface area (TPSA) is 69.6 Å². The zero-order valence-electron chi connectivity index (χ0n) is 14.3. The van der Waals surface area contributed by atoms with Crippen molar-refractivity contribution >= 4 is 11.9 Å². The van der Waals surface area contributed by atoms with E-state index in [2.05, 4.69) is 34.5 Å². The van der Waals surface area contributed by atoms with Gasteiger partial charge in [-0.15, -0.1) is 0 Å². The molecular weight excluding hydrogens is 290 g/mol. The van der Waals surface area contributed by atoms with E-state index < -0.39 is 0 Å². The second-order valence-corrected chi connectivity index (χ2v) is 5.97. The predicted molar refractivity (Wildman–Crippen MR) is 92.5 cm³/mol. The SMILES string of the molecule is CCNC(=NCCc1ccncc1C)NC1CCC(=O)N(C)C1. The predicted octanol–water partition coefficient (Wildman–Crippen LogP) is 1.11. The van der Waals surface area contributed by atoms with Crippen molar-refractivity contribution in [2.75, 3.05) is 26.7 Å². The molecule has 6 nitrogen and oxygen atoms in total. The highest BCUT2D eigenvalue weighted by Crippen LogP contribution is 2.09. The minimum atomic E-state index is 0.221. The van der Waals surface area contributed by atoms with E-state index in [0.29, 0.717) is 6.42 Å². The Morgan fingerprint density at radius 1 is 1.52 bits per heavy atom. The minimum absolute atomic E-state index is 0.221. The zero-order chi connectivity index (χ0) is 16.7. The van der Waals surface area contributed by atoms with Crippen LogP contribution in [0.3, 0.4) is 0 Å². The average molecular weight is 317 g/mol. The van der Waals surface area contributed by atoms with Gasteiger partial charge in [-0.25, -0.2) is 0 Å². The molecule has 1 saturated heterocycles. The smallest absolute Gasteiger partial charge is 0.222 e. The maximum Gasteiger partial charge on any atom is 0.222 e. The molecular formula is C17H27N5O. The normalized spacial score (nSPS) is 18.9. The molecule has 2 rings (SSSR count). The number of carbonyl (C=O) groups excluding carboxylic acids is 1. The number of amides is 1. The summed E-state index contributed by atoms with van der Waals surface area (Å²) in [7, 11) is 1.85. The molecule has 126 valence electrons. The van der Waals surface area contributed by atoms with Crippen molar-refractivity contribution in [3.63, 3.8) is 0 Å². The maximum atomic E-state index is 11.6. The molecule has 1 aliphatic rings. The van der Waals surface area contributed by atoms with Gasteiger partial charge < -0.3 is 15.5 Å². The Labute approximate surface area is 138 Å². The van der Waals surface area contributed by atoms with E-state index in [1.54, 1.807) is 4.90 Å². The van der Waals surface area contributed by atoms with Crippen molar-refractivity contribution in [2.24, 2.45) is 4.99 Å². The quantitative estimate of drug-likeness (QED) is 0.630. The van der Waals surface area contributed by atoms with Gasteiger partial charge >= 0.3 is 0 Å². The lowest BCUT2D eigenvalue weighted by Crippen LogP contribution is -2.51. The fourth-order valence-electron chi connectivity index (χ4n) is 2.71. The van der Waals surface area contributed by atoms with Crippen LogP contribution in [0.4, 0.5) is 0 Å². The summed E-state index contributed by atoms with van der Waals surface area (Å²) >= 11 is 0. The van der Waals surface area contributed by atoms with Crippen LogP contribution in [0.15, 0.2) is 23.5 Å².